The first-order valence-electron chi connectivity index (χ1n) is 9.90. The Kier molecular flexibility index (Phi) is 5.86. The van der Waals surface area contributed by atoms with E-state index in [0.29, 0.717) is 5.92 Å². The third-order valence-corrected chi connectivity index (χ3v) is 5.20. The van der Waals surface area contributed by atoms with Gasteiger partial charge in [-0.2, -0.15) is 10.2 Å². The van der Waals surface area contributed by atoms with Crippen LogP contribution in [0.3, 0.4) is 0 Å². The van der Waals surface area contributed by atoms with Crippen molar-refractivity contribution in [3.8, 4) is 11.1 Å². The SMILES string of the molecule is O=C(Cn1cc(-c2ccc(CO)cc2)cn1)Nc1ccnn1C[C@H]1CC=CCC1. The number of carbonyl (C=O) groups excluding carboxylic acids is 1. The summed E-state index contributed by atoms with van der Waals surface area (Å²) in [5.41, 5.74) is 2.78. The van der Waals surface area contributed by atoms with Crippen molar-refractivity contribution in [3.63, 3.8) is 0 Å². The monoisotopic (exact) mass is 391 g/mol. The van der Waals surface area contributed by atoms with E-state index in [0.717, 1.165) is 48.3 Å². The van der Waals surface area contributed by atoms with Crippen molar-refractivity contribution in [2.45, 2.75) is 39.0 Å². The Hall–Kier alpha value is -3.19. The first-order valence-corrected chi connectivity index (χ1v) is 9.90. The Balaban J connectivity index is 1.36. The molecule has 1 atom stereocenters. The van der Waals surface area contributed by atoms with E-state index < -0.39 is 0 Å². The van der Waals surface area contributed by atoms with E-state index in [1.165, 1.54) is 0 Å². The molecule has 150 valence electrons. The number of amides is 1. The summed E-state index contributed by atoms with van der Waals surface area (Å²) < 4.78 is 3.50. The topological polar surface area (TPSA) is 85.0 Å². The van der Waals surface area contributed by atoms with Crippen LogP contribution < -0.4 is 5.32 Å². The highest BCUT2D eigenvalue weighted by Gasteiger charge is 2.15. The molecule has 2 N–H and O–H groups in total. The normalized spacial score (nSPS) is 16.1. The molecule has 0 unspecified atom stereocenters. The number of aromatic nitrogens is 4. The molecular formula is C22H25N5O2. The number of aliphatic hydroxyl groups is 1. The number of carbonyl (C=O) groups is 1. The van der Waals surface area contributed by atoms with Gasteiger partial charge in [-0.3, -0.25) is 9.48 Å². The van der Waals surface area contributed by atoms with Crippen LogP contribution in [0.25, 0.3) is 11.1 Å². The molecule has 2 aromatic heterocycles. The van der Waals surface area contributed by atoms with Crippen LogP contribution in [0.5, 0.6) is 0 Å². The Morgan fingerprint density at radius 2 is 2.00 bits per heavy atom. The molecule has 0 fully saturated rings. The van der Waals surface area contributed by atoms with E-state index in [9.17, 15) is 4.79 Å². The van der Waals surface area contributed by atoms with Gasteiger partial charge in [0.05, 0.1) is 19.0 Å². The molecule has 1 aliphatic carbocycles. The summed E-state index contributed by atoms with van der Waals surface area (Å²) in [5, 5.41) is 20.8. The number of hydrogen-bond acceptors (Lipinski definition) is 4. The van der Waals surface area contributed by atoms with Crippen molar-refractivity contribution in [3.05, 3.63) is 66.6 Å². The van der Waals surface area contributed by atoms with Gasteiger partial charge in [0.15, 0.2) is 0 Å². The minimum absolute atomic E-state index is 0.0216. The Bertz CT molecular complexity index is 987. The Morgan fingerprint density at radius 1 is 1.14 bits per heavy atom. The van der Waals surface area contributed by atoms with Crippen molar-refractivity contribution in [1.29, 1.82) is 0 Å². The smallest absolute Gasteiger partial charge is 0.247 e. The maximum absolute atomic E-state index is 12.5. The zero-order chi connectivity index (χ0) is 20.1. The first-order chi connectivity index (χ1) is 14.2. The predicted octanol–water partition coefficient (Wildman–Crippen LogP) is 3.23. The summed E-state index contributed by atoms with van der Waals surface area (Å²) in [4.78, 5) is 12.5. The second-order valence-corrected chi connectivity index (χ2v) is 7.38. The lowest BCUT2D eigenvalue weighted by Crippen LogP contribution is -2.22. The van der Waals surface area contributed by atoms with E-state index in [1.54, 1.807) is 17.1 Å². The summed E-state index contributed by atoms with van der Waals surface area (Å²) in [6.07, 6.45) is 13.1. The standard InChI is InChI=1S/C22H25N5O2/c28-16-18-6-8-19(9-7-18)20-12-24-26(14-20)15-22(29)25-21-10-11-23-27(21)13-17-4-2-1-3-5-17/h1-2,6-12,14,17,28H,3-5,13,15-16H2,(H,25,29)/t17-/m0/s1. The summed E-state index contributed by atoms with van der Waals surface area (Å²) in [7, 11) is 0. The number of nitrogens with one attached hydrogen (secondary N) is 1. The molecule has 4 rings (SSSR count). The summed E-state index contributed by atoms with van der Waals surface area (Å²) >= 11 is 0. The summed E-state index contributed by atoms with van der Waals surface area (Å²) in [6, 6.07) is 9.46. The molecule has 29 heavy (non-hydrogen) atoms. The molecule has 7 nitrogen and oxygen atoms in total. The Morgan fingerprint density at radius 3 is 2.76 bits per heavy atom. The van der Waals surface area contributed by atoms with Gasteiger partial charge in [-0.15, -0.1) is 0 Å². The van der Waals surface area contributed by atoms with E-state index in [-0.39, 0.29) is 19.1 Å². The van der Waals surface area contributed by atoms with Crippen molar-refractivity contribution in [2.75, 3.05) is 5.32 Å². The van der Waals surface area contributed by atoms with E-state index in [1.807, 2.05) is 41.2 Å². The van der Waals surface area contributed by atoms with Gasteiger partial charge in [-0.25, -0.2) is 4.68 Å². The zero-order valence-corrected chi connectivity index (χ0v) is 16.2. The van der Waals surface area contributed by atoms with Gasteiger partial charge in [0.1, 0.15) is 12.4 Å². The first kappa shape index (κ1) is 19.1. The average molecular weight is 391 g/mol. The van der Waals surface area contributed by atoms with E-state index in [4.69, 9.17) is 5.11 Å². The minimum atomic E-state index is -0.138. The fraction of sp³-hybridized carbons (Fsp3) is 0.318. The number of benzene rings is 1. The maximum Gasteiger partial charge on any atom is 0.247 e. The summed E-state index contributed by atoms with van der Waals surface area (Å²) in [5.74, 6) is 1.14. The molecule has 0 aliphatic heterocycles. The highest BCUT2D eigenvalue weighted by Crippen LogP contribution is 2.22. The van der Waals surface area contributed by atoms with Crippen molar-refractivity contribution >= 4 is 11.7 Å². The second-order valence-electron chi connectivity index (χ2n) is 7.38. The fourth-order valence-corrected chi connectivity index (χ4v) is 3.58. The van der Waals surface area contributed by atoms with Crippen molar-refractivity contribution < 1.29 is 9.90 Å². The highest BCUT2D eigenvalue weighted by atomic mass is 16.3. The fourth-order valence-electron chi connectivity index (χ4n) is 3.58. The highest BCUT2D eigenvalue weighted by molar-refractivity contribution is 5.89. The molecule has 7 heteroatoms. The maximum atomic E-state index is 12.5. The van der Waals surface area contributed by atoms with Crippen LogP contribution in [-0.2, 0) is 24.5 Å². The number of nitrogens with zero attached hydrogens (tertiary/aromatic N) is 4. The van der Waals surface area contributed by atoms with Gasteiger partial charge in [-0.05, 0) is 36.3 Å². The lowest BCUT2D eigenvalue weighted by molar-refractivity contribution is -0.117. The van der Waals surface area contributed by atoms with E-state index >= 15 is 0 Å². The quantitative estimate of drug-likeness (QED) is 0.606. The molecular weight excluding hydrogens is 366 g/mol. The average Bonchev–Trinajstić information content (AvgIpc) is 3.38. The Labute approximate surface area is 169 Å². The minimum Gasteiger partial charge on any atom is -0.392 e. The largest absolute Gasteiger partial charge is 0.392 e. The molecule has 1 amide bonds. The third-order valence-electron chi connectivity index (χ3n) is 5.20. The number of aliphatic hydroxyl groups excluding tert-OH is 1. The van der Waals surface area contributed by atoms with Gasteiger partial charge in [0, 0.05) is 24.4 Å². The number of hydrogen-bond donors (Lipinski definition) is 2. The third kappa shape index (κ3) is 4.81. The zero-order valence-electron chi connectivity index (χ0n) is 16.2. The van der Waals surface area contributed by atoms with Crippen LogP contribution in [0, 0.1) is 5.92 Å². The van der Waals surface area contributed by atoms with Crippen LogP contribution >= 0.6 is 0 Å². The molecule has 1 aliphatic rings. The lowest BCUT2D eigenvalue weighted by Gasteiger charge is -2.19. The van der Waals surface area contributed by atoms with Crippen LogP contribution in [0.1, 0.15) is 24.8 Å². The molecule has 0 bridgehead atoms. The molecule has 0 saturated heterocycles. The summed E-state index contributed by atoms with van der Waals surface area (Å²) in [6.45, 7) is 0.961. The van der Waals surface area contributed by atoms with Crippen LogP contribution in [0.15, 0.2) is 61.1 Å². The van der Waals surface area contributed by atoms with Crippen LogP contribution in [-0.4, -0.2) is 30.6 Å². The molecule has 3 aromatic rings. The van der Waals surface area contributed by atoms with Crippen LogP contribution in [0.4, 0.5) is 5.82 Å². The molecule has 0 spiro atoms. The second kappa shape index (κ2) is 8.87. The number of anilines is 1. The van der Waals surface area contributed by atoms with Crippen molar-refractivity contribution in [1.82, 2.24) is 19.6 Å². The van der Waals surface area contributed by atoms with Gasteiger partial charge >= 0.3 is 0 Å². The predicted molar refractivity (Wildman–Crippen MR) is 111 cm³/mol. The van der Waals surface area contributed by atoms with Gasteiger partial charge < -0.3 is 10.4 Å². The number of allylic oxidation sites excluding steroid dienone is 2. The van der Waals surface area contributed by atoms with Gasteiger partial charge in [0.25, 0.3) is 0 Å². The van der Waals surface area contributed by atoms with Gasteiger partial charge in [0.2, 0.25) is 5.91 Å². The van der Waals surface area contributed by atoms with Gasteiger partial charge in [-0.1, -0.05) is 36.4 Å². The molecule has 1 aromatic carbocycles. The lowest BCUT2D eigenvalue weighted by atomic mass is 9.94. The molecule has 0 radical (unpaired) electrons. The molecule has 0 saturated carbocycles. The number of rotatable bonds is 7. The van der Waals surface area contributed by atoms with E-state index in [2.05, 4.69) is 27.7 Å². The molecule has 2 heterocycles. The van der Waals surface area contributed by atoms with Crippen molar-refractivity contribution in [2.24, 2.45) is 5.92 Å². The van der Waals surface area contributed by atoms with Crippen LogP contribution in [0.2, 0.25) is 0 Å².